The Bertz CT molecular complexity index is 498. The second kappa shape index (κ2) is 7.03. The molecular weight excluding hydrogens is 261 g/mol. The zero-order valence-electron chi connectivity index (χ0n) is 12.2. The molecule has 1 N–H and O–H groups in total. The van der Waals surface area contributed by atoms with E-state index in [2.05, 4.69) is 5.32 Å². The van der Waals surface area contributed by atoms with Gasteiger partial charge in [-0.2, -0.15) is 0 Å². The quantitative estimate of drug-likeness (QED) is 0.667. The van der Waals surface area contributed by atoms with Gasteiger partial charge in [0.15, 0.2) is 11.6 Å². The third-order valence-corrected chi connectivity index (χ3v) is 2.55. The van der Waals surface area contributed by atoms with Gasteiger partial charge in [0.25, 0.3) is 5.91 Å². The Hall–Kier alpha value is -1.91. The predicted octanol–water partition coefficient (Wildman–Crippen LogP) is 2.77. The van der Waals surface area contributed by atoms with Crippen molar-refractivity contribution in [2.45, 2.75) is 27.7 Å². The highest BCUT2D eigenvalue weighted by Crippen LogP contribution is 2.19. The smallest absolute Gasteiger partial charge is 0.313 e. The molecule has 0 atom stereocenters. The molecule has 0 heterocycles. The van der Waals surface area contributed by atoms with Crippen molar-refractivity contribution in [2.75, 3.05) is 6.54 Å². The lowest BCUT2D eigenvalue weighted by Gasteiger charge is -2.10. The van der Waals surface area contributed by atoms with Crippen molar-refractivity contribution in [2.24, 2.45) is 11.8 Å². The van der Waals surface area contributed by atoms with Crippen molar-refractivity contribution in [3.63, 3.8) is 0 Å². The topological polar surface area (TPSA) is 55.4 Å². The second-order valence-electron chi connectivity index (χ2n) is 5.32. The fraction of sp³-hybridized carbons (Fsp3) is 0.467. The minimum Gasteiger partial charge on any atom is -0.423 e. The van der Waals surface area contributed by atoms with Crippen molar-refractivity contribution >= 4 is 11.9 Å². The van der Waals surface area contributed by atoms with E-state index in [0.29, 0.717) is 12.5 Å². The number of rotatable bonds is 5. The molecule has 4 nitrogen and oxygen atoms in total. The van der Waals surface area contributed by atoms with Crippen LogP contribution in [0.15, 0.2) is 18.2 Å². The fourth-order valence-electron chi connectivity index (χ4n) is 1.35. The lowest BCUT2D eigenvalue weighted by Crippen LogP contribution is -2.27. The first-order valence-electron chi connectivity index (χ1n) is 6.60. The number of carbonyl (C=O) groups excluding carboxylic acids is 2. The Kier molecular flexibility index (Phi) is 5.67. The summed E-state index contributed by atoms with van der Waals surface area (Å²) in [5.74, 6) is -1.78. The van der Waals surface area contributed by atoms with Gasteiger partial charge in [0, 0.05) is 12.1 Å². The van der Waals surface area contributed by atoms with Crippen LogP contribution < -0.4 is 10.1 Å². The number of amides is 1. The van der Waals surface area contributed by atoms with E-state index in [1.165, 1.54) is 12.1 Å². The standard InChI is InChI=1S/C15H20FNO3/c1-9(2)8-17-14(18)11-5-6-13(12(16)7-11)20-15(19)10(3)4/h5-7,9-10H,8H2,1-4H3,(H,17,18). The van der Waals surface area contributed by atoms with E-state index in [4.69, 9.17) is 4.74 Å². The van der Waals surface area contributed by atoms with E-state index in [1.807, 2.05) is 13.8 Å². The average Bonchev–Trinajstić information content (AvgIpc) is 2.37. The lowest BCUT2D eigenvalue weighted by molar-refractivity contribution is -0.137. The molecule has 0 saturated carbocycles. The van der Waals surface area contributed by atoms with Gasteiger partial charge in [-0.25, -0.2) is 4.39 Å². The molecule has 1 rings (SSSR count). The molecule has 5 heteroatoms. The van der Waals surface area contributed by atoms with Crippen LogP contribution >= 0.6 is 0 Å². The number of esters is 1. The maximum Gasteiger partial charge on any atom is 0.313 e. The van der Waals surface area contributed by atoms with Gasteiger partial charge in [0.2, 0.25) is 0 Å². The Labute approximate surface area is 118 Å². The first kappa shape index (κ1) is 16.1. The Morgan fingerprint density at radius 3 is 2.40 bits per heavy atom. The Balaban J connectivity index is 2.77. The van der Waals surface area contributed by atoms with E-state index in [1.54, 1.807) is 13.8 Å². The molecule has 0 fully saturated rings. The highest BCUT2D eigenvalue weighted by molar-refractivity contribution is 5.94. The molecule has 0 unspecified atom stereocenters. The Morgan fingerprint density at radius 2 is 1.90 bits per heavy atom. The summed E-state index contributed by atoms with van der Waals surface area (Å²) in [4.78, 5) is 23.2. The normalized spacial score (nSPS) is 10.8. The maximum atomic E-state index is 13.8. The van der Waals surface area contributed by atoms with E-state index >= 15 is 0 Å². The maximum absolute atomic E-state index is 13.8. The van der Waals surface area contributed by atoms with Crippen molar-refractivity contribution in [1.29, 1.82) is 0 Å². The summed E-state index contributed by atoms with van der Waals surface area (Å²) in [6.07, 6.45) is 0. The van der Waals surface area contributed by atoms with Crippen molar-refractivity contribution in [3.05, 3.63) is 29.6 Å². The molecule has 1 aromatic carbocycles. The highest BCUT2D eigenvalue weighted by Gasteiger charge is 2.15. The largest absolute Gasteiger partial charge is 0.423 e. The van der Waals surface area contributed by atoms with Crippen LogP contribution in [0, 0.1) is 17.7 Å². The summed E-state index contributed by atoms with van der Waals surface area (Å²) in [5, 5.41) is 2.69. The minimum atomic E-state index is -0.726. The van der Waals surface area contributed by atoms with Gasteiger partial charge in [-0.3, -0.25) is 9.59 Å². The summed E-state index contributed by atoms with van der Waals surface area (Å²) >= 11 is 0. The zero-order chi connectivity index (χ0) is 15.3. The van der Waals surface area contributed by atoms with Gasteiger partial charge in [0.1, 0.15) is 0 Å². The molecule has 20 heavy (non-hydrogen) atoms. The fourth-order valence-corrected chi connectivity index (χ4v) is 1.35. The predicted molar refractivity (Wildman–Crippen MR) is 74.0 cm³/mol. The van der Waals surface area contributed by atoms with Crippen LogP contribution in [0.5, 0.6) is 5.75 Å². The molecule has 1 amide bonds. The average molecular weight is 281 g/mol. The number of carbonyl (C=O) groups is 2. The molecule has 0 aliphatic carbocycles. The number of hydrogen-bond donors (Lipinski definition) is 1. The molecule has 110 valence electrons. The van der Waals surface area contributed by atoms with Crippen LogP contribution in [0.25, 0.3) is 0 Å². The number of benzene rings is 1. The van der Waals surface area contributed by atoms with Crippen molar-refractivity contribution in [3.8, 4) is 5.75 Å². The molecule has 1 aromatic rings. The van der Waals surface area contributed by atoms with Gasteiger partial charge >= 0.3 is 5.97 Å². The summed E-state index contributed by atoms with van der Waals surface area (Å²) in [6, 6.07) is 3.79. The molecule has 0 aromatic heterocycles. The van der Waals surface area contributed by atoms with Gasteiger partial charge in [-0.15, -0.1) is 0 Å². The minimum absolute atomic E-state index is 0.163. The van der Waals surface area contributed by atoms with Crippen LogP contribution in [0.2, 0.25) is 0 Å². The number of hydrogen-bond acceptors (Lipinski definition) is 3. The molecule has 0 radical (unpaired) electrons. The van der Waals surface area contributed by atoms with E-state index in [-0.39, 0.29) is 23.1 Å². The number of nitrogens with one attached hydrogen (secondary N) is 1. The lowest BCUT2D eigenvalue weighted by atomic mass is 10.1. The molecule has 0 bridgehead atoms. The first-order chi connectivity index (χ1) is 9.31. The molecule has 0 saturated heterocycles. The highest BCUT2D eigenvalue weighted by atomic mass is 19.1. The number of ether oxygens (including phenoxy) is 1. The molecular formula is C15H20FNO3. The van der Waals surface area contributed by atoms with Crippen molar-refractivity contribution in [1.82, 2.24) is 5.32 Å². The zero-order valence-corrected chi connectivity index (χ0v) is 12.2. The van der Waals surface area contributed by atoms with E-state index in [9.17, 15) is 14.0 Å². The van der Waals surface area contributed by atoms with Crippen LogP contribution in [-0.2, 0) is 4.79 Å². The summed E-state index contributed by atoms with van der Waals surface area (Å²) < 4.78 is 18.7. The first-order valence-corrected chi connectivity index (χ1v) is 6.60. The SMILES string of the molecule is CC(C)CNC(=O)c1ccc(OC(=O)C(C)C)c(F)c1. The summed E-state index contributed by atoms with van der Waals surface area (Å²) in [5.41, 5.74) is 0.201. The summed E-state index contributed by atoms with van der Waals surface area (Å²) in [6.45, 7) is 7.77. The summed E-state index contributed by atoms with van der Waals surface area (Å²) in [7, 11) is 0. The van der Waals surface area contributed by atoms with Crippen LogP contribution in [0.1, 0.15) is 38.1 Å². The van der Waals surface area contributed by atoms with Crippen molar-refractivity contribution < 1.29 is 18.7 Å². The van der Waals surface area contributed by atoms with E-state index < -0.39 is 11.8 Å². The molecule has 0 aliphatic rings. The van der Waals surface area contributed by atoms with Crippen LogP contribution in [-0.4, -0.2) is 18.4 Å². The second-order valence-corrected chi connectivity index (χ2v) is 5.32. The van der Waals surface area contributed by atoms with Gasteiger partial charge in [0.05, 0.1) is 5.92 Å². The van der Waals surface area contributed by atoms with Gasteiger partial charge in [-0.05, 0) is 24.1 Å². The van der Waals surface area contributed by atoms with E-state index in [0.717, 1.165) is 6.07 Å². The molecule has 0 aliphatic heterocycles. The third kappa shape index (κ3) is 4.64. The third-order valence-electron chi connectivity index (χ3n) is 2.55. The Morgan fingerprint density at radius 1 is 1.25 bits per heavy atom. The van der Waals surface area contributed by atoms with Crippen LogP contribution in [0.4, 0.5) is 4.39 Å². The monoisotopic (exact) mass is 281 g/mol. The van der Waals surface area contributed by atoms with Gasteiger partial charge in [-0.1, -0.05) is 27.7 Å². The molecule has 0 spiro atoms. The van der Waals surface area contributed by atoms with Crippen LogP contribution in [0.3, 0.4) is 0 Å². The van der Waals surface area contributed by atoms with Gasteiger partial charge < -0.3 is 10.1 Å². The number of halogens is 1.